The van der Waals surface area contributed by atoms with Crippen molar-refractivity contribution in [3.05, 3.63) is 72.0 Å². The number of hydrogen-bond donors (Lipinski definition) is 1. The molecule has 0 aromatic heterocycles. The van der Waals surface area contributed by atoms with Gasteiger partial charge in [-0.05, 0) is 42.3 Å². The second-order valence-corrected chi connectivity index (χ2v) is 7.24. The number of hydrogen-bond acceptors (Lipinski definition) is 3. The Morgan fingerprint density at radius 2 is 1.84 bits per heavy atom. The lowest BCUT2D eigenvalue weighted by Crippen LogP contribution is -2.38. The molecule has 0 saturated carbocycles. The molecule has 2 aliphatic rings. The van der Waals surface area contributed by atoms with Crippen LogP contribution in [0.5, 0.6) is 5.75 Å². The summed E-state index contributed by atoms with van der Waals surface area (Å²) in [6, 6.07) is 7.85. The molecule has 1 aliphatic heterocycles. The van der Waals surface area contributed by atoms with Crippen LogP contribution in [0.25, 0.3) is 11.1 Å². The van der Waals surface area contributed by atoms with Gasteiger partial charge in [-0.1, -0.05) is 18.2 Å². The molecule has 2 aromatic carbocycles. The van der Waals surface area contributed by atoms with Crippen molar-refractivity contribution < 1.29 is 35.8 Å². The van der Waals surface area contributed by atoms with Gasteiger partial charge in [0, 0.05) is 17.5 Å². The van der Waals surface area contributed by atoms with Gasteiger partial charge in [0.2, 0.25) is 0 Å². The Morgan fingerprint density at radius 3 is 2.55 bits per heavy atom. The third-order valence-corrected chi connectivity index (χ3v) is 5.03. The quantitative estimate of drug-likeness (QED) is 0.566. The number of rotatable bonds is 5. The number of para-hydroxylation sites is 1. The highest BCUT2D eigenvalue weighted by Crippen LogP contribution is 2.41. The zero-order chi connectivity index (χ0) is 22.2. The number of nitrogens with one attached hydrogen (secondary N) is 1. The first-order valence-corrected chi connectivity index (χ1v) is 9.45. The molecule has 1 N–H and O–H groups in total. The van der Waals surface area contributed by atoms with E-state index in [-0.39, 0.29) is 24.3 Å². The maximum atomic E-state index is 13.6. The molecule has 3 nitrogen and oxygen atoms in total. The topological polar surface area (TPSA) is 30.5 Å². The first-order valence-electron chi connectivity index (χ1n) is 9.45. The Morgan fingerprint density at radius 1 is 1.10 bits per heavy atom. The van der Waals surface area contributed by atoms with Gasteiger partial charge >= 0.3 is 12.5 Å². The van der Waals surface area contributed by atoms with Crippen LogP contribution < -0.4 is 10.1 Å². The molecule has 31 heavy (non-hydrogen) atoms. The number of ether oxygens (including phenoxy) is 2. The summed E-state index contributed by atoms with van der Waals surface area (Å²) in [5.74, 6) is -1.75. The summed E-state index contributed by atoms with van der Waals surface area (Å²) in [6.07, 6.45) is -3.94. The van der Waals surface area contributed by atoms with Gasteiger partial charge in [0.15, 0.2) is 0 Å². The van der Waals surface area contributed by atoms with E-state index in [0.717, 1.165) is 6.07 Å². The minimum absolute atomic E-state index is 0.120. The van der Waals surface area contributed by atoms with Gasteiger partial charge in [0.25, 0.3) is 0 Å². The standard InChI is InChI=1S/C22H17F6NO2/c23-14-7-13(8-15(24)10-14)17-5-2-6-18-20(17)30-11-19(29-18)12-3-1-4-16(9-12)31-22(27,28)21(25)26/h1-2,4-10,12,19,21,29H,3,11H2/t12?,19-/m1/s1. The third-order valence-electron chi connectivity index (χ3n) is 5.03. The molecule has 164 valence electrons. The predicted octanol–water partition coefficient (Wildman–Crippen LogP) is 6.14. The van der Waals surface area contributed by atoms with Crippen LogP contribution in [-0.2, 0) is 4.74 Å². The minimum atomic E-state index is -4.59. The third kappa shape index (κ3) is 4.50. The summed E-state index contributed by atoms with van der Waals surface area (Å²) in [5, 5.41) is 3.23. The summed E-state index contributed by atoms with van der Waals surface area (Å²) in [4.78, 5) is 0. The molecule has 2 aromatic rings. The Labute approximate surface area is 174 Å². The fraction of sp³-hybridized carbons (Fsp3) is 0.273. The molecule has 0 bridgehead atoms. The second kappa shape index (κ2) is 8.20. The lowest BCUT2D eigenvalue weighted by atomic mass is 9.91. The predicted molar refractivity (Wildman–Crippen MR) is 102 cm³/mol. The maximum Gasteiger partial charge on any atom is 0.461 e. The highest BCUT2D eigenvalue weighted by Gasteiger charge is 2.44. The van der Waals surface area contributed by atoms with Crippen molar-refractivity contribution in [3.63, 3.8) is 0 Å². The highest BCUT2D eigenvalue weighted by atomic mass is 19.3. The Kier molecular flexibility index (Phi) is 5.60. The molecule has 1 unspecified atom stereocenters. The summed E-state index contributed by atoms with van der Waals surface area (Å²) < 4.78 is 88.6. The van der Waals surface area contributed by atoms with E-state index in [9.17, 15) is 26.3 Å². The van der Waals surface area contributed by atoms with Crippen molar-refractivity contribution in [1.82, 2.24) is 0 Å². The van der Waals surface area contributed by atoms with E-state index in [1.54, 1.807) is 24.3 Å². The summed E-state index contributed by atoms with van der Waals surface area (Å²) in [5.41, 5.74) is 1.35. The van der Waals surface area contributed by atoms with Crippen molar-refractivity contribution in [1.29, 1.82) is 0 Å². The van der Waals surface area contributed by atoms with E-state index in [2.05, 4.69) is 10.1 Å². The van der Waals surface area contributed by atoms with Crippen LogP contribution in [0.3, 0.4) is 0 Å². The SMILES string of the molecule is Fc1cc(F)cc(-c2cccc3c2OC[C@H](C2C=C(OC(F)(F)C(F)F)C=CC2)N3)c1. The maximum absolute atomic E-state index is 13.6. The van der Waals surface area contributed by atoms with Crippen LogP contribution >= 0.6 is 0 Å². The van der Waals surface area contributed by atoms with E-state index in [1.165, 1.54) is 24.3 Å². The number of allylic oxidation sites excluding steroid dienone is 2. The molecule has 0 radical (unpaired) electrons. The van der Waals surface area contributed by atoms with Crippen LogP contribution in [0.2, 0.25) is 0 Å². The van der Waals surface area contributed by atoms with E-state index >= 15 is 0 Å². The molecular weight excluding hydrogens is 424 g/mol. The summed E-state index contributed by atoms with van der Waals surface area (Å²) in [7, 11) is 0. The smallest absolute Gasteiger partial charge is 0.461 e. The number of anilines is 1. The molecule has 0 fully saturated rings. The molecule has 9 heteroatoms. The average molecular weight is 441 g/mol. The fourth-order valence-electron chi connectivity index (χ4n) is 3.61. The van der Waals surface area contributed by atoms with Gasteiger partial charge in [-0.15, -0.1) is 0 Å². The zero-order valence-electron chi connectivity index (χ0n) is 15.9. The van der Waals surface area contributed by atoms with Crippen LogP contribution in [0, 0.1) is 17.6 Å². The van der Waals surface area contributed by atoms with Crippen LogP contribution in [0.15, 0.2) is 60.4 Å². The van der Waals surface area contributed by atoms with Crippen LogP contribution in [0.1, 0.15) is 6.42 Å². The first kappa shape index (κ1) is 21.1. The van der Waals surface area contributed by atoms with Gasteiger partial charge < -0.3 is 14.8 Å². The lowest BCUT2D eigenvalue weighted by molar-refractivity contribution is -0.280. The van der Waals surface area contributed by atoms with Crippen molar-refractivity contribution in [2.24, 2.45) is 5.92 Å². The molecule has 4 rings (SSSR count). The van der Waals surface area contributed by atoms with E-state index in [4.69, 9.17) is 4.74 Å². The summed E-state index contributed by atoms with van der Waals surface area (Å²) >= 11 is 0. The highest BCUT2D eigenvalue weighted by molar-refractivity contribution is 5.79. The monoisotopic (exact) mass is 441 g/mol. The minimum Gasteiger partial charge on any atom is -0.489 e. The number of benzene rings is 2. The Balaban J connectivity index is 1.55. The van der Waals surface area contributed by atoms with Gasteiger partial charge in [0.05, 0.1) is 11.7 Å². The zero-order valence-corrected chi connectivity index (χ0v) is 15.9. The largest absolute Gasteiger partial charge is 0.489 e. The van der Waals surface area contributed by atoms with Crippen molar-refractivity contribution >= 4 is 5.69 Å². The molecule has 1 aliphatic carbocycles. The molecule has 0 amide bonds. The van der Waals surface area contributed by atoms with Gasteiger partial charge in [-0.3, -0.25) is 0 Å². The summed E-state index contributed by atoms with van der Waals surface area (Å²) in [6.45, 7) is 0.120. The van der Waals surface area contributed by atoms with Gasteiger partial charge in [-0.2, -0.15) is 17.6 Å². The molecular formula is C22H17F6NO2. The Hall–Kier alpha value is -3.10. The number of alkyl halides is 4. The normalized spacial score (nSPS) is 20.5. The average Bonchev–Trinajstić information content (AvgIpc) is 2.72. The molecule has 1 heterocycles. The van der Waals surface area contributed by atoms with E-state index < -0.39 is 24.2 Å². The Bertz CT molecular complexity index is 1020. The van der Waals surface area contributed by atoms with Crippen LogP contribution in [-0.4, -0.2) is 25.2 Å². The van der Waals surface area contributed by atoms with Crippen molar-refractivity contribution in [2.75, 3.05) is 11.9 Å². The molecule has 0 spiro atoms. The molecule has 0 saturated heterocycles. The van der Waals surface area contributed by atoms with Gasteiger partial charge in [-0.25, -0.2) is 8.78 Å². The number of fused-ring (bicyclic) bond motifs is 1. The molecule has 2 atom stereocenters. The van der Waals surface area contributed by atoms with Crippen molar-refractivity contribution in [2.45, 2.75) is 25.0 Å². The van der Waals surface area contributed by atoms with Gasteiger partial charge in [0.1, 0.15) is 29.8 Å². The van der Waals surface area contributed by atoms with Crippen molar-refractivity contribution in [3.8, 4) is 16.9 Å². The first-order chi connectivity index (χ1) is 14.7. The van der Waals surface area contributed by atoms with E-state index in [0.29, 0.717) is 29.0 Å². The lowest BCUT2D eigenvalue weighted by Gasteiger charge is -2.34. The number of halogens is 6. The van der Waals surface area contributed by atoms with E-state index in [1.807, 2.05) is 0 Å². The second-order valence-electron chi connectivity index (χ2n) is 7.24. The van der Waals surface area contributed by atoms with Crippen LogP contribution in [0.4, 0.5) is 32.0 Å². The fourth-order valence-corrected chi connectivity index (χ4v) is 3.61.